The van der Waals surface area contributed by atoms with Crippen LogP contribution in [0.5, 0.6) is 0 Å². The van der Waals surface area contributed by atoms with Crippen LogP contribution < -0.4 is 20.4 Å². The Kier molecular flexibility index (Phi) is 9.39. The molecule has 0 saturated heterocycles. The summed E-state index contributed by atoms with van der Waals surface area (Å²) in [6.45, 7) is 0. The molecular weight excluding hydrogens is 573 g/mol. The quantitative estimate of drug-likeness (QED) is 0.240. The van der Waals surface area contributed by atoms with Crippen LogP contribution in [0.4, 0.5) is 0 Å². The molecule has 188 valence electrons. The SMILES string of the molecule is O=C([O-])C1(C(=O)[O-])C=CN=C(c2ccccn2)C1.O=C([O-])C1(C(=O)[O-])C=CN=C(c2ccccn2)C1.[Ru+4]. The topological polar surface area (TPSA) is 211 Å². The first-order chi connectivity index (χ1) is 17.1. The maximum Gasteiger partial charge on any atom is 4.00 e. The normalized spacial score (nSPS) is 16.5. The van der Waals surface area contributed by atoms with Crippen LogP contribution in [-0.4, -0.2) is 45.3 Å². The Morgan fingerprint density at radius 2 is 0.973 bits per heavy atom. The van der Waals surface area contributed by atoms with E-state index in [1.165, 1.54) is 12.4 Å². The molecule has 0 fully saturated rings. The largest absolute Gasteiger partial charge is 4.00 e. The Hall–Kier alpha value is -4.38. The van der Waals surface area contributed by atoms with Gasteiger partial charge in [-0.25, -0.2) is 0 Å². The van der Waals surface area contributed by atoms with Gasteiger partial charge in [0.2, 0.25) is 0 Å². The number of nitrogens with zero attached hydrogens (tertiary/aromatic N) is 4. The monoisotopic (exact) mass is 590 g/mol. The fourth-order valence-electron chi connectivity index (χ4n) is 3.35. The summed E-state index contributed by atoms with van der Waals surface area (Å²) in [4.78, 5) is 60.0. The Balaban J connectivity index is 0.000000253. The first-order valence-electron chi connectivity index (χ1n) is 10.3. The second kappa shape index (κ2) is 12.0. The Bertz CT molecular complexity index is 1180. The van der Waals surface area contributed by atoms with Gasteiger partial charge in [-0.1, -0.05) is 12.1 Å². The molecule has 0 N–H and O–H groups in total. The van der Waals surface area contributed by atoms with Crippen molar-refractivity contribution in [1.82, 2.24) is 9.97 Å². The standard InChI is InChI=1S/2C12H10N2O4.Ru/c2*15-10(16)12(11(17)18)4-6-14-9(7-12)8-3-1-2-5-13-8;/h2*1-6H,7H2,(H,15,16)(H,17,18);/q;;+4/p-4. The number of rotatable bonds is 6. The van der Waals surface area contributed by atoms with Crippen molar-refractivity contribution in [3.05, 3.63) is 84.7 Å². The first kappa shape index (κ1) is 28.9. The van der Waals surface area contributed by atoms with Crippen LogP contribution in [0.2, 0.25) is 0 Å². The Morgan fingerprint density at radius 3 is 1.24 bits per heavy atom. The van der Waals surface area contributed by atoms with Crippen LogP contribution >= 0.6 is 0 Å². The Labute approximate surface area is 222 Å². The summed E-state index contributed by atoms with van der Waals surface area (Å²) in [7, 11) is 0. The van der Waals surface area contributed by atoms with E-state index < -0.39 is 34.7 Å². The van der Waals surface area contributed by atoms with Crippen molar-refractivity contribution in [2.45, 2.75) is 12.8 Å². The molecule has 2 aromatic heterocycles. The zero-order valence-corrected chi connectivity index (χ0v) is 20.5. The summed E-state index contributed by atoms with van der Waals surface area (Å²) in [5, 5.41) is 44.1. The van der Waals surface area contributed by atoms with Gasteiger partial charge in [0.05, 0.1) is 57.5 Å². The number of aromatic nitrogens is 2. The molecule has 0 amide bonds. The van der Waals surface area contributed by atoms with Crippen LogP contribution in [0, 0.1) is 10.8 Å². The molecule has 37 heavy (non-hydrogen) atoms. The smallest absolute Gasteiger partial charge is 0.549 e. The zero-order valence-electron chi connectivity index (χ0n) is 18.8. The molecule has 4 rings (SSSR count). The maximum atomic E-state index is 11.0. The summed E-state index contributed by atoms with van der Waals surface area (Å²) in [5.41, 5.74) is -2.98. The van der Waals surface area contributed by atoms with Gasteiger partial charge >= 0.3 is 19.5 Å². The Morgan fingerprint density at radius 1 is 0.622 bits per heavy atom. The van der Waals surface area contributed by atoms with Gasteiger partial charge < -0.3 is 39.6 Å². The van der Waals surface area contributed by atoms with Crippen molar-refractivity contribution < 1.29 is 59.1 Å². The van der Waals surface area contributed by atoms with Crippen LogP contribution in [0.3, 0.4) is 0 Å². The van der Waals surface area contributed by atoms with E-state index in [0.717, 1.165) is 24.6 Å². The second-order valence-corrected chi connectivity index (χ2v) is 7.66. The third kappa shape index (κ3) is 6.07. The minimum Gasteiger partial charge on any atom is -0.549 e. The molecule has 2 aromatic rings. The molecule has 0 unspecified atom stereocenters. The van der Waals surface area contributed by atoms with Crippen LogP contribution in [-0.2, 0) is 38.7 Å². The number of carbonyl (C=O) groups is 4. The number of aliphatic imine (C=N–C) groups is 2. The number of carboxylic acids is 4. The molecule has 13 heteroatoms. The molecule has 0 bridgehead atoms. The van der Waals surface area contributed by atoms with Crippen LogP contribution in [0.1, 0.15) is 24.2 Å². The first-order valence-corrected chi connectivity index (χ1v) is 10.3. The van der Waals surface area contributed by atoms with Gasteiger partial charge in [-0.2, -0.15) is 0 Å². The van der Waals surface area contributed by atoms with Crippen molar-refractivity contribution in [3.63, 3.8) is 0 Å². The number of hydrogen-bond donors (Lipinski definition) is 0. The van der Waals surface area contributed by atoms with Crippen molar-refractivity contribution in [2.75, 3.05) is 0 Å². The summed E-state index contributed by atoms with van der Waals surface area (Å²) in [5.74, 6) is -6.88. The molecule has 2 aliphatic heterocycles. The molecule has 4 heterocycles. The van der Waals surface area contributed by atoms with Crippen LogP contribution in [0.15, 0.2) is 83.3 Å². The minimum absolute atomic E-state index is 0. The van der Waals surface area contributed by atoms with Crippen molar-refractivity contribution in [2.24, 2.45) is 20.8 Å². The number of hydrogen-bond acceptors (Lipinski definition) is 12. The van der Waals surface area contributed by atoms with E-state index in [-0.39, 0.29) is 43.7 Å². The number of carboxylic acid groups (broad SMARTS) is 4. The van der Waals surface area contributed by atoms with Gasteiger partial charge in [0, 0.05) is 37.6 Å². The molecule has 0 aromatic carbocycles. The second-order valence-electron chi connectivity index (χ2n) is 7.66. The van der Waals surface area contributed by atoms with Gasteiger partial charge in [0.15, 0.2) is 0 Å². The average Bonchev–Trinajstić information content (AvgIpc) is 2.89. The predicted molar refractivity (Wildman–Crippen MR) is 114 cm³/mol. The maximum absolute atomic E-state index is 11.0. The molecule has 0 saturated carbocycles. The van der Waals surface area contributed by atoms with Crippen LogP contribution in [0.25, 0.3) is 0 Å². The minimum atomic E-state index is -2.19. The van der Waals surface area contributed by atoms with Gasteiger partial charge in [0.25, 0.3) is 0 Å². The fraction of sp³-hybridized carbons (Fsp3) is 0.167. The third-order valence-corrected chi connectivity index (χ3v) is 5.45. The van der Waals surface area contributed by atoms with Gasteiger partial charge in [-0.05, 0) is 36.4 Å². The average molecular weight is 589 g/mol. The molecule has 0 aliphatic carbocycles. The number of aliphatic carboxylic acids is 4. The molecule has 0 atom stereocenters. The number of carbonyl (C=O) groups excluding carboxylic acids is 4. The third-order valence-electron chi connectivity index (χ3n) is 5.45. The van der Waals surface area contributed by atoms with E-state index in [1.807, 2.05) is 0 Å². The van der Waals surface area contributed by atoms with Gasteiger partial charge in [-0.15, -0.1) is 0 Å². The van der Waals surface area contributed by atoms with E-state index in [4.69, 9.17) is 0 Å². The van der Waals surface area contributed by atoms with Crippen molar-refractivity contribution >= 4 is 35.3 Å². The summed E-state index contributed by atoms with van der Waals surface area (Å²) < 4.78 is 0. The molecule has 2 aliphatic rings. The van der Waals surface area contributed by atoms with Gasteiger partial charge in [0.1, 0.15) is 0 Å². The number of pyridine rings is 2. The van der Waals surface area contributed by atoms with Crippen molar-refractivity contribution in [3.8, 4) is 0 Å². The van der Waals surface area contributed by atoms with E-state index in [9.17, 15) is 39.6 Å². The fourth-order valence-corrected chi connectivity index (χ4v) is 3.35. The van der Waals surface area contributed by atoms with E-state index in [1.54, 1.807) is 36.4 Å². The van der Waals surface area contributed by atoms with E-state index in [2.05, 4.69) is 20.0 Å². The van der Waals surface area contributed by atoms with Crippen molar-refractivity contribution in [1.29, 1.82) is 0 Å². The zero-order chi connectivity index (χ0) is 26.3. The summed E-state index contributed by atoms with van der Waals surface area (Å²) in [6.07, 6.45) is 6.51. The molecule has 0 radical (unpaired) electrons. The van der Waals surface area contributed by atoms with E-state index in [0.29, 0.717) is 11.4 Å². The molecular formula is C24H16N4O8Ru. The van der Waals surface area contributed by atoms with Gasteiger partial charge in [-0.3, -0.25) is 20.0 Å². The van der Waals surface area contributed by atoms with E-state index >= 15 is 0 Å². The predicted octanol–water partition coefficient (Wildman–Crippen LogP) is -3.45. The summed E-state index contributed by atoms with van der Waals surface area (Å²) in [6, 6.07) is 10.0. The molecule has 0 spiro atoms. The summed E-state index contributed by atoms with van der Waals surface area (Å²) >= 11 is 0. The molecule has 12 nitrogen and oxygen atoms in total.